The fraction of sp³-hybridized carbons (Fsp3) is 0.333. The van der Waals surface area contributed by atoms with Gasteiger partial charge in [0.05, 0.1) is 12.0 Å². The lowest BCUT2D eigenvalue weighted by atomic mass is 10.1. The van der Waals surface area contributed by atoms with E-state index in [1.807, 2.05) is 12.1 Å². The zero-order valence-corrected chi connectivity index (χ0v) is 24.2. The summed E-state index contributed by atoms with van der Waals surface area (Å²) >= 11 is 0. The summed E-state index contributed by atoms with van der Waals surface area (Å²) in [5.41, 5.74) is 1.03. The molecule has 11 heteroatoms. The summed E-state index contributed by atoms with van der Waals surface area (Å²) in [7, 11) is -2.35. The molecule has 0 spiro atoms. The molecule has 1 atom stereocenters. The highest BCUT2D eigenvalue weighted by atomic mass is 32.2. The van der Waals surface area contributed by atoms with Crippen molar-refractivity contribution in [2.75, 3.05) is 25.0 Å². The molecule has 0 saturated heterocycles. The Kier molecular flexibility index (Phi) is 11.5. The van der Waals surface area contributed by atoms with Gasteiger partial charge in [-0.3, -0.25) is 14.3 Å². The largest absolute Gasteiger partial charge is 0.497 e. The van der Waals surface area contributed by atoms with Gasteiger partial charge in [-0.25, -0.2) is 12.8 Å². The highest BCUT2D eigenvalue weighted by Crippen LogP contribution is 2.20. The van der Waals surface area contributed by atoms with Crippen LogP contribution in [0, 0.1) is 5.82 Å². The van der Waals surface area contributed by atoms with Crippen molar-refractivity contribution in [1.29, 1.82) is 0 Å². The minimum Gasteiger partial charge on any atom is -0.497 e. The molecule has 2 N–H and O–H groups in total. The Bertz CT molecular complexity index is 1380. The fourth-order valence-electron chi connectivity index (χ4n) is 3.92. The Morgan fingerprint density at radius 1 is 0.927 bits per heavy atom. The van der Waals surface area contributed by atoms with E-state index in [0.29, 0.717) is 12.3 Å². The molecule has 9 nitrogen and oxygen atoms in total. The maximum absolute atomic E-state index is 13.3. The van der Waals surface area contributed by atoms with Crippen LogP contribution < -0.4 is 19.5 Å². The number of ether oxygens (including phenoxy) is 2. The Hall–Kier alpha value is -4.12. The molecule has 41 heavy (non-hydrogen) atoms. The number of amides is 2. The predicted octanol–water partition coefficient (Wildman–Crippen LogP) is 4.74. The summed E-state index contributed by atoms with van der Waals surface area (Å²) in [4.78, 5) is 27.5. The van der Waals surface area contributed by atoms with E-state index in [1.165, 1.54) is 41.3 Å². The minimum absolute atomic E-state index is 0.0324. The van der Waals surface area contributed by atoms with Crippen LogP contribution in [0.2, 0.25) is 0 Å². The van der Waals surface area contributed by atoms with E-state index in [0.717, 1.165) is 37.0 Å². The van der Waals surface area contributed by atoms with Crippen molar-refractivity contribution in [1.82, 2.24) is 10.2 Å². The van der Waals surface area contributed by atoms with Gasteiger partial charge in [-0.05, 0) is 79.6 Å². The Balaban J connectivity index is 1.67. The molecule has 1 unspecified atom stereocenters. The monoisotopic (exact) mass is 585 g/mol. The third-order valence-electron chi connectivity index (χ3n) is 6.35. The summed E-state index contributed by atoms with van der Waals surface area (Å²) in [6.45, 7) is 4.11. The Morgan fingerprint density at radius 2 is 1.56 bits per heavy atom. The molecule has 3 aromatic rings. The van der Waals surface area contributed by atoms with Crippen molar-refractivity contribution in [3.63, 3.8) is 0 Å². The molecular formula is C30H36FN3O6S. The molecule has 0 aliphatic carbocycles. The second-order valence-corrected chi connectivity index (χ2v) is 11.1. The quantitative estimate of drug-likeness (QED) is 0.249. The van der Waals surface area contributed by atoms with Crippen molar-refractivity contribution in [2.24, 2.45) is 0 Å². The summed E-state index contributed by atoms with van der Waals surface area (Å²) in [5.74, 6) is -0.193. The van der Waals surface area contributed by atoms with Gasteiger partial charge in [0.15, 0.2) is 6.61 Å². The highest BCUT2D eigenvalue weighted by Gasteiger charge is 2.26. The lowest BCUT2D eigenvalue weighted by molar-refractivity contribution is -0.142. The first-order chi connectivity index (χ1) is 19.6. The van der Waals surface area contributed by atoms with Gasteiger partial charge in [0.2, 0.25) is 5.91 Å². The number of methoxy groups -OCH3 is 1. The van der Waals surface area contributed by atoms with Crippen molar-refractivity contribution in [2.45, 2.75) is 50.6 Å². The van der Waals surface area contributed by atoms with Gasteiger partial charge in [-0.15, -0.1) is 0 Å². The van der Waals surface area contributed by atoms with E-state index in [1.54, 1.807) is 26.2 Å². The van der Waals surface area contributed by atoms with Crippen LogP contribution in [0.5, 0.6) is 11.5 Å². The fourth-order valence-corrected chi connectivity index (χ4v) is 4.98. The van der Waals surface area contributed by atoms with E-state index >= 15 is 0 Å². The van der Waals surface area contributed by atoms with Gasteiger partial charge in [0.25, 0.3) is 15.9 Å². The number of hydrogen-bond donors (Lipinski definition) is 2. The van der Waals surface area contributed by atoms with Crippen LogP contribution in [0.25, 0.3) is 0 Å². The maximum atomic E-state index is 13.3. The van der Waals surface area contributed by atoms with Crippen LogP contribution in [0.15, 0.2) is 77.7 Å². The van der Waals surface area contributed by atoms with Crippen molar-refractivity contribution in [3.8, 4) is 11.5 Å². The number of carbonyl (C=O) groups excluding carboxylic acids is 2. The van der Waals surface area contributed by atoms with Gasteiger partial charge in [-0.1, -0.05) is 31.9 Å². The van der Waals surface area contributed by atoms with E-state index in [9.17, 15) is 22.4 Å². The number of unbranched alkanes of at least 4 members (excludes halogenated alkanes) is 2. The standard InChI is InChI=1S/C30H36FN3O6S/c1-4-5-6-19-32-30(36)22(2)34(20-23-7-13-26(39-3)14-8-23)29(35)21-40-27-15-17-28(18-16-27)41(37,38)33-25-11-9-24(31)10-12-25/h7-18,22,33H,4-6,19-21H2,1-3H3,(H,32,36). The Labute approximate surface area is 240 Å². The molecule has 0 aliphatic heterocycles. The number of rotatable bonds is 15. The summed E-state index contributed by atoms with van der Waals surface area (Å²) in [5, 5.41) is 2.90. The molecule has 3 aromatic carbocycles. The molecule has 0 heterocycles. The molecule has 0 radical (unpaired) electrons. The van der Waals surface area contributed by atoms with Crippen LogP contribution >= 0.6 is 0 Å². The normalized spacial score (nSPS) is 11.8. The SMILES string of the molecule is CCCCCNC(=O)C(C)N(Cc1ccc(OC)cc1)C(=O)COc1ccc(S(=O)(=O)Nc2ccc(F)cc2)cc1. The van der Waals surface area contributed by atoms with E-state index in [-0.39, 0.29) is 35.4 Å². The Morgan fingerprint density at radius 3 is 2.17 bits per heavy atom. The zero-order chi connectivity index (χ0) is 29.8. The van der Waals surface area contributed by atoms with E-state index < -0.39 is 27.8 Å². The van der Waals surface area contributed by atoms with Crippen molar-refractivity contribution < 1.29 is 31.9 Å². The first-order valence-corrected chi connectivity index (χ1v) is 14.8. The highest BCUT2D eigenvalue weighted by molar-refractivity contribution is 7.92. The average molecular weight is 586 g/mol. The number of sulfonamides is 1. The first kappa shape index (κ1) is 31.4. The molecular weight excluding hydrogens is 549 g/mol. The van der Waals surface area contributed by atoms with Crippen LogP contribution in [-0.2, 0) is 26.2 Å². The van der Waals surface area contributed by atoms with Crippen molar-refractivity contribution in [3.05, 3.63) is 84.2 Å². The number of nitrogens with one attached hydrogen (secondary N) is 2. The summed E-state index contributed by atoms with van der Waals surface area (Å²) in [6, 6.07) is 17.0. The number of anilines is 1. The summed E-state index contributed by atoms with van der Waals surface area (Å²) in [6.07, 6.45) is 2.89. The topological polar surface area (TPSA) is 114 Å². The van der Waals surface area contributed by atoms with E-state index in [2.05, 4.69) is 17.0 Å². The number of halogens is 1. The average Bonchev–Trinajstić information content (AvgIpc) is 2.98. The molecule has 0 aliphatic rings. The summed E-state index contributed by atoms with van der Waals surface area (Å²) < 4.78 is 51.7. The second kappa shape index (κ2) is 15.0. The van der Waals surface area contributed by atoms with Crippen LogP contribution in [0.4, 0.5) is 10.1 Å². The third kappa shape index (κ3) is 9.49. The predicted molar refractivity (Wildman–Crippen MR) is 155 cm³/mol. The number of carbonyl (C=O) groups is 2. The number of benzene rings is 3. The van der Waals surface area contributed by atoms with Gasteiger partial charge in [-0.2, -0.15) is 0 Å². The molecule has 0 fully saturated rings. The maximum Gasteiger partial charge on any atom is 0.261 e. The smallest absolute Gasteiger partial charge is 0.261 e. The zero-order valence-electron chi connectivity index (χ0n) is 23.4. The van der Waals surface area contributed by atoms with Gasteiger partial charge in [0, 0.05) is 18.8 Å². The molecule has 0 bridgehead atoms. The number of nitrogens with zero attached hydrogens (tertiary/aromatic N) is 1. The van der Waals surface area contributed by atoms with Gasteiger partial charge < -0.3 is 19.7 Å². The third-order valence-corrected chi connectivity index (χ3v) is 7.75. The van der Waals surface area contributed by atoms with Crippen LogP contribution in [-0.4, -0.2) is 51.4 Å². The van der Waals surface area contributed by atoms with Gasteiger partial charge in [0.1, 0.15) is 23.4 Å². The van der Waals surface area contributed by atoms with Crippen molar-refractivity contribution >= 4 is 27.5 Å². The number of hydrogen-bond acceptors (Lipinski definition) is 6. The molecule has 2 amide bonds. The second-order valence-electron chi connectivity index (χ2n) is 9.42. The van der Waals surface area contributed by atoms with Crippen LogP contribution in [0.1, 0.15) is 38.7 Å². The first-order valence-electron chi connectivity index (χ1n) is 13.3. The lowest BCUT2D eigenvalue weighted by Gasteiger charge is -2.29. The van der Waals surface area contributed by atoms with E-state index in [4.69, 9.17) is 9.47 Å². The molecule has 3 rings (SSSR count). The lowest BCUT2D eigenvalue weighted by Crippen LogP contribution is -2.49. The molecule has 0 saturated carbocycles. The minimum atomic E-state index is -3.92. The molecule has 220 valence electrons. The van der Waals surface area contributed by atoms with Crippen LogP contribution in [0.3, 0.4) is 0 Å². The molecule has 0 aromatic heterocycles. The van der Waals surface area contributed by atoms with Gasteiger partial charge >= 0.3 is 0 Å².